The molecule has 0 spiro atoms. The quantitative estimate of drug-likeness (QED) is 0.371. The van der Waals surface area contributed by atoms with Crippen LogP contribution in [0.25, 0.3) is 11.5 Å². The summed E-state index contributed by atoms with van der Waals surface area (Å²) < 4.78 is 11.0. The molecule has 1 fully saturated rings. The number of aromatic nitrogens is 3. The van der Waals surface area contributed by atoms with Crippen LogP contribution in [-0.2, 0) is 11.8 Å². The molecule has 3 aromatic rings. The molecular formula is C26H31KN6O5. The van der Waals surface area contributed by atoms with Crippen molar-refractivity contribution in [3.63, 3.8) is 0 Å². The van der Waals surface area contributed by atoms with Crippen molar-refractivity contribution < 1.29 is 76.8 Å². The van der Waals surface area contributed by atoms with E-state index in [0.29, 0.717) is 40.4 Å². The van der Waals surface area contributed by atoms with E-state index in [0.717, 1.165) is 31.5 Å². The van der Waals surface area contributed by atoms with Crippen molar-refractivity contribution in [2.45, 2.75) is 44.6 Å². The SMILES string of the molecule is COc1cc(C(=O)NC2CCN(C)CC2)ccc1Nc1ncc2c(n1)-c1onc(C(=O)O)c1CC2(C)C.[H-].[K+]. The molecule has 1 aliphatic carbocycles. The molecule has 38 heavy (non-hydrogen) atoms. The largest absolute Gasteiger partial charge is 1.00 e. The van der Waals surface area contributed by atoms with Crippen LogP contribution in [0.3, 0.4) is 0 Å². The Morgan fingerprint density at radius 3 is 2.68 bits per heavy atom. The molecule has 196 valence electrons. The average molecular weight is 547 g/mol. The van der Waals surface area contributed by atoms with Crippen molar-refractivity contribution in [2.75, 3.05) is 32.6 Å². The number of hydrogen-bond acceptors (Lipinski definition) is 9. The summed E-state index contributed by atoms with van der Waals surface area (Å²) in [6.07, 6.45) is 4.01. The molecule has 0 bridgehead atoms. The number of methoxy groups -OCH3 is 1. The number of aromatic carboxylic acids is 1. The molecule has 0 radical (unpaired) electrons. The van der Waals surface area contributed by atoms with Crippen molar-refractivity contribution >= 4 is 23.5 Å². The summed E-state index contributed by atoms with van der Waals surface area (Å²) in [5.74, 6) is -0.200. The number of fused-ring (bicyclic) bond motifs is 3. The van der Waals surface area contributed by atoms with E-state index < -0.39 is 11.4 Å². The van der Waals surface area contributed by atoms with Crippen LogP contribution in [0.5, 0.6) is 5.75 Å². The van der Waals surface area contributed by atoms with Crippen LogP contribution in [0.15, 0.2) is 28.9 Å². The Morgan fingerprint density at radius 1 is 1.26 bits per heavy atom. The van der Waals surface area contributed by atoms with Gasteiger partial charge in [-0.1, -0.05) is 19.0 Å². The minimum atomic E-state index is -1.14. The summed E-state index contributed by atoms with van der Waals surface area (Å²) in [4.78, 5) is 35.8. The summed E-state index contributed by atoms with van der Waals surface area (Å²) >= 11 is 0. The van der Waals surface area contributed by atoms with E-state index in [1.54, 1.807) is 24.4 Å². The number of benzene rings is 1. The third kappa shape index (κ3) is 5.65. The van der Waals surface area contributed by atoms with E-state index in [4.69, 9.17) is 9.26 Å². The number of carboxylic acid groups (broad SMARTS) is 1. The van der Waals surface area contributed by atoms with Gasteiger partial charge in [0.25, 0.3) is 5.91 Å². The van der Waals surface area contributed by atoms with Crippen LogP contribution >= 0.6 is 0 Å². The van der Waals surface area contributed by atoms with Crippen LogP contribution in [0, 0.1) is 0 Å². The number of carboxylic acids is 1. The molecule has 1 amide bonds. The first-order chi connectivity index (χ1) is 17.7. The Morgan fingerprint density at radius 2 is 2.00 bits per heavy atom. The fourth-order valence-corrected chi connectivity index (χ4v) is 4.95. The number of nitrogens with zero attached hydrogens (tertiary/aromatic N) is 4. The monoisotopic (exact) mass is 546 g/mol. The van der Waals surface area contributed by atoms with E-state index in [1.807, 2.05) is 13.8 Å². The Kier molecular flexibility index (Phi) is 8.60. The van der Waals surface area contributed by atoms with Crippen molar-refractivity contribution in [3.05, 3.63) is 46.8 Å². The number of amides is 1. The molecule has 3 heterocycles. The van der Waals surface area contributed by atoms with Gasteiger partial charge < -0.3 is 31.3 Å². The van der Waals surface area contributed by atoms with E-state index in [-0.39, 0.29) is 76.4 Å². The summed E-state index contributed by atoms with van der Waals surface area (Å²) in [5, 5.41) is 19.5. The molecule has 12 heteroatoms. The van der Waals surface area contributed by atoms with Gasteiger partial charge in [0.1, 0.15) is 11.4 Å². The van der Waals surface area contributed by atoms with Gasteiger partial charge in [-0.15, -0.1) is 0 Å². The number of carbonyl (C=O) groups excluding carboxylic acids is 1. The molecule has 11 nitrogen and oxygen atoms in total. The number of nitrogens with one attached hydrogen (secondary N) is 2. The van der Waals surface area contributed by atoms with Gasteiger partial charge in [-0.2, -0.15) is 0 Å². The smallest absolute Gasteiger partial charge is 1.00 e. The number of likely N-dealkylation sites (tertiary alicyclic amines) is 1. The molecular weight excluding hydrogens is 515 g/mol. The van der Waals surface area contributed by atoms with Gasteiger partial charge in [0.15, 0.2) is 11.5 Å². The maximum absolute atomic E-state index is 12.8. The summed E-state index contributed by atoms with van der Waals surface area (Å²) in [5.41, 5.74) is 2.43. The Labute approximate surface area is 264 Å². The number of carbonyl (C=O) groups is 2. The van der Waals surface area contributed by atoms with Gasteiger partial charge in [-0.3, -0.25) is 4.79 Å². The molecule has 5 rings (SSSR count). The topological polar surface area (TPSA) is 143 Å². The predicted octanol–water partition coefficient (Wildman–Crippen LogP) is 0.356. The van der Waals surface area contributed by atoms with E-state index in [2.05, 4.69) is 37.7 Å². The second kappa shape index (κ2) is 11.4. The van der Waals surface area contributed by atoms with E-state index >= 15 is 0 Å². The molecule has 1 saturated heterocycles. The fraction of sp³-hybridized carbons (Fsp3) is 0.423. The van der Waals surface area contributed by atoms with Gasteiger partial charge in [0.2, 0.25) is 5.95 Å². The Bertz CT molecular complexity index is 1370. The van der Waals surface area contributed by atoms with Crippen LogP contribution in [0.2, 0.25) is 0 Å². The van der Waals surface area contributed by atoms with Crippen molar-refractivity contribution in [2.24, 2.45) is 0 Å². The normalized spacial score (nSPS) is 16.5. The zero-order valence-corrected chi connectivity index (χ0v) is 25.4. The minimum absolute atomic E-state index is 0. The van der Waals surface area contributed by atoms with Crippen molar-refractivity contribution in [3.8, 4) is 17.2 Å². The van der Waals surface area contributed by atoms with Crippen molar-refractivity contribution in [1.29, 1.82) is 0 Å². The van der Waals surface area contributed by atoms with Crippen LogP contribution in [-0.4, -0.2) is 70.3 Å². The van der Waals surface area contributed by atoms with E-state index in [1.165, 1.54) is 7.11 Å². The maximum Gasteiger partial charge on any atom is 1.00 e. The summed E-state index contributed by atoms with van der Waals surface area (Å²) in [6, 6.07) is 5.31. The first kappa shape index (κ1) is 28.6. The maximum atomic E-state index is 12.8. The Hall–Kier alpha value is -2.35. The second-order valence-corrected chi connectivity index (χ2v) is 10.3. The second-order valence-electron chi connectivity index (χ2n) is 10.3. The third-order valence-corrected chi connectivity index (χ3v) is 7.11. The van der Waals surface area contributed by atoms with Gasteiger partial charge in [0, 0.05) is 28.9 Å². The van der Waals surface area contributed by atoms with Gasteiger partial charge in [0.05, 0.1) is 12.8 Å². The van der Waals surface area contributed by atoms with Gasteiger partial charge in [-0.05, 0) is 63.0 Å². The molecule has 2 aliphatic rings. The standard InChI is InChI=1S/C26H30N6O5.K.H/c1-26(2)12-16-20(24(34)35)31-37-22(16)21-17(26)13-27-25(30-21)29-18-6-5-14(11-19(18)36-4)23(33)28-15-7-9-32(3)10-8-15;;/h5-6,11,13,15H,7-10,12H2,1-4H3,(H,28,33)(H,34,35)(H,27,29,30);;/q;+1;-1. The molecule has 0 atom stereocenters. The number of ether oxygens (including phenoxy) is 1. The molecule has 0 saturated carbocycles. The number of hydrogen-bond donors (Lipinski definition) is 3. The minimum Gasteiger partial charge on any atom is -1.00 e. The number of piperidine rings is 1. The van der Waals surface area contributed by atoms with Gasteiger partial charge in [-0.25, -0.2) is 14.8 Å². The molecule has 1 aromatic carbocycles. The summed E-state index contributed by atoms with van der Waals surface area (Å²) in [6.45, 7) is 5.93. The number of anilines is 2. The van der Waals surface area contributed by atoms with Crippen molar-refractivity contribution in [1.82, 2.24) is 25.3 Å². The van der Waals surface area contributed by atoms with Crippen LogP contribution in [0.4, 0.5) is 11.6 Å². The fourth-order valence-electron chi connectivity index (χ4n) is 4.95. The zero-order valence-electron chi connectivity index (χ0n) is 23.3. The first-order valence-corrected chi connectivity index (χ1v) is 12.2. The molecule has 2 aromatic heterocycles. The average Bonchev–Trinajstić information content (AvgIpc) is 3.29. The van der Waals surface area contributed by atoms with E-state index in [9.17, 15) is 14.7 Å². The van der Waals surface area contributed by atoms with Crippen LogP contribution in [0.1, 0.15) is 60.1 Å². The van der Waals surface area contributed by atoms with Crippen LogP contribution < -0.4 is 66.8 Å². The predicted molar refractivity (Wildman–Crippen MR) is 137 cm³/mol. The Balaban J connectivity index is 0.00000210. The molecule has 0 unspecified atom stereocenters. The molecule has 3 N–H and O–H groups in total. The molecule has 1 aliphatic heterocycles. The zero-order chi connectivity index (χ0) is 26.3. The number of rotatable bonds is 6. The summed E-state index contributed by atoms with van der Waals surface area (Å²) in [7, 11) is 3.61. The third-order valence-electron chi connectivity index (χ3n) is 7.11. The van der Waals surface area contributed by atoms with Gasteiger partial charge >= 0.3 is 57.4 Å². The first-order valence-electron chi connectivity index (χ1n) is 12.2.